The number of halogens is 3. The van der Waals surface area contributed by atoms with E-state index < -0.39 is 33.3 Å². The van der Waals surface area contributed by atoms with E-state index in [-0.39, 0.29) is 16.4 Å². The van der Waals surface area contributed by atoms with Gasteiger partial charge in [0, 0.05) is 25.2 Å². The van der Waals surface area contributed by atoms with Gasteiger partial charge in [-0.15, -0.1) is 0 Å². The Balaban J connectivity index is 1.89. The standard InChI is InChI=1S/C22H19F3N4O3S/c1-27(2)13-15-8-6-14(7-9-15)5-4-10-28(3)21-26-20(30)17-11-16(22(23,24)25)12-18(29(31)32)19(17)33-21/h6-9,11-12H,10,13H2,1-3H3. The minimum absolute atomic E-state index is 0.117. The fourth-order valence-corrected chi connectivity index (χ4v) is 4.02. The third-order valence-corrected chi connectivity index (χ3v) is 5.76. The van der Waals surface area contributed by atoms with E-state index in [1.807, 2.05) is 43.3 Å². The van der Waals surface area contributed by atoms with Gasteiger partial charge < -0.3 is 9.80 Å². The van der Waals surface area contributed by atoms with Crippen molar-refractivity contribution in [3.63, 3.8) is 0 Å². The topological polar surface area (TPSA) is 79.6 Å². The van der Waals surface area contributed by atoms with E-state index in [1.165, 1.54) is 4.90 Å². The molecule has 0 saturated carbocycles. The Morgan fingerprint density at radius 3 is 2.39 bits per heavy atom. The van der Waals surface area contributed by atoms with Crippen LogP contribution in [0.5, 0.6) is 0 Å². The zero-order valence-electron chi connectivity index (χ0n) is 17.9. The number of nitro benzene ring substituents is 1. The molecule has 2 aromatic carbocycles. The molecule has 0 radical (unpaired) electrons. The Morgan fingerprint density at radius 1 is 1.15 bits per heavy atom. The van der Waals surface area contributed by atoms with E-state index in [4.69, 9.17) is 0 Å². The third-order valence-electron chi connectivity index (χ3n) is 4.54. The number of hydrogen-bond donors (Lipinski definition) is 0. The number of benzene rings is 2. The number of nitrogens with zero attached hydrogens (tertiary/aromatic N) is 4. The minimum Gasteiger partial charge on any atom is -0.340 e. The molecule has 3 aromatic rings. The van der Waals surface area contributed by atoms with Gasteiger partial charge in [0.1, 0.15) is 4.70 Å². The lowest BCUT2D eigenvalue weighted by atomic mass is 10.1. The van der Waals surface area contributed by atoms with Crippen molar-refractivity contribution in [2.45, 2.75) is 12.7 Å². The van der Waals surface area contributed by atoms with Crippen LogP contribution in [0, 0.1) is 22.0 Å². The monoisotopic (exact) mass is 476 g/mol. The molecule has 7 nitrogen and oxygen atoms in total. The van der Waals surface area contributed by atoms with Crippen molar-refractivity contribution in [2.24, 2.45) is 0 Å². The Kier molecular flexibility index (Phi) is 7.00. The molecule has 172 valence electrons. The number of hydrogen-bond acceptors (Lipinski definition) is 7. The van der Waals surface area contributed by atoms with Crippen LogP contribution in [0.2, 0.25) is 0 Å². The van der Waals surface area contributed by atoms with Crippen LogP contribution in [-0.4, -0.2) is 42.5 Å². The fraction of sp³-hybridized carbons (Fsp3) is 0.273. The van der Waals surface area contributed by atoms with Crippen molar-refractivity contribution in [1.82, 2.24) is 9.88 Å². The highest BCUT2D eigenvalue weighted by molar-refractivity contribution is 7.22. The molecule has 1 heterocycles. The largest absolute Gasteiger partial charge is 0.416 e. The molecular formula is C22H19F3N4O3S. The van der Waals surface area contributed by atoms with Crippen molar-refractivity contribution in [1.29, 1.82) is 0 Å². The van der Waals surface area contributed by atoms with Gasteiger partial charge in [-0.2, -0.15) is 18.2 Å². The molecule has 0 unspecified atom stereocenters. The lowest BCUT2D eigenvalue weighted by molar-refractivity contribution is -0.383. The van der Waals surface area contributed by atoms with Crippen LogP contribution in [-0.2, 0) is 12.7 Å². The first-order chi connectivity index (χ1) is 15.5. The first kappa shape index (κ1) is 24.2. The summed E-state index contributed by atoms with van der Waals surface area (Å²) in [5, 5.41) is 11.1. The first-order valence-corrected chi connectivity index (χ1v) is 10.4. The Labute approximate surface area is 191 Å². The van der Waals surface area contributed by atoms with Gasteiger partial charge in [0.25, 0.3) is 11.2 Å². The Morgan fingerprint density at radius 2 is 1.82 bits per heavy atom. The molecule has 0 bridgehead atoms. The predicted molar refractivity (Wildman–Crippen MR) is 122 cm³/mol. The second kappa shape index (κ2) is 9.56. The van der Waals surface area contributed by atoms with Crippen molar-refractivity contribution in [3.05, 3.63) is 73.6 Å². The minimum atomic E-state index is -4.83. The quantitative estimate of drug-likeness (QED) is 0.313. The molecule has 0 N–H and O–H groups in total. The molecule has 0 amide bonds. The van der Waals surface area contributed by atoms with Gasteiger partial charge in [-0.1, -0.05) is 35.3 Å². The van der Waals surface area contributed by atoms with Crippen LogP contribution in [0.1, 0.15) is 16.7 Å². The predicted octanol–water partition coefficient (Wildman–Crippen LogP) is 4.13. The van der Waals surface area contributed by atoms with Crippen LogP contribution in [0.3, 0.4) is 0 Å². The fourth-order valence-electron chi connectivity index (χ4n) is 2.99. The molecule has 0 saturated heterocycles. The van der Waals surface area contributed by atoms with E-state index in [2.05, 4.69) is 16.8 Å². The normalized spacial score (nSPS) is 11.4. The number of fused-ring (bicyclic) bond motifs is 1. The SMILES string of the molecule is CN(C)Cc1ccc(C#CCN(C)c2nc(=O)c3cc(C(F)(F)F)cc([N+](=O)[O-])c3s2)cc1. The van der Waals surface area contributed by atoms with Crippen molar-refractivity contribution < 1.29 is 18.1 Å². The Bertz CT molecular complexity index is 1310. The smallest absolute Gasteiger partial charge is 0.340 e. The van der Waals surface area contributed by atoms with Crippen LogP contribution < -0.4 is 10.5 Å². The summed E-state index contributed by atoms with van der Waals surface area (Å²) in [5.74, 6) is 5.93. The van der Waals surface area contributed by atoms with Crippen molar-refractivity contribution in [2.75, 3.05) is 32.6 Å². The lowest BCUT2D eigenvalue weighted by Gasteiger charge is -2.14. The highest BCUT2D eigenvalue weighted by Gasteiger charge is 2.34. The summed E-state index contributed by atoms with van der Waals surface area (Å²) in [6.45, 7) is 0.960. The molecule has 11 heteroatoms. The zero-order valence-corrected chi connectivity index (χ0v) is 18.8. The number of aromatic nitrogens is 1. The Hall–Kier alpha value is -3.49. The van der Waals surface area contributed by atoms with Gasteiger partial charge in [-0.3, -0.25) is 14.9 Å². The van der Waals surface area contributed by atoms with Gasteiger partial charge >= 0.3 is 6.18 Å². The van der Waals surface area contributed by atoms with E-state index in [0.717, 1.165) is 29.0 Å². The summed E-state index contributed by atoms with van der Waals surface area (Å²) in [7, 11) is 5.54. The van der Waals surface area contributed by atoms with Crippen LogP contribution >= 0.6 is 11.3 Å². The second-order valence-electron chi connectivity index (χ2n) is 7.52. The number of nitro groups is 1. The second-order valence-corrected chi connectivity index (χ2v) is 8.50. The summed E-state index contributed by atoms with van der Waals surface area (Å²) in [6, 6.07) is 8.75. The summed E-state index contributed by atoms with van der Waals surface area (Å²) < 4.78 is 39.1. The van der Waals surface area contributed by atoms with Gasteiger partial charge in [0.15, 0.2) is 5.13 Å². The van der Waals surface area contributed by atoms with Crippen LogP contribution in [0.4, 0.5) is 24.0 Å². The summed E-state index contributed by atoms with van der Waals surface area (Å²) in [5.41, 5.74) is -1.09. The van der Waals surface area contributed by atoms with Crippen LogP contribution in [0.25, 0.3) is 10.1 Å². The molecule has 0 atom stereocenters. The molecule has 0 spiro atoms. The average Bonchev–Trinajstić information content (AvgIpc) is 2.73. The lowest BCUT2D eigenvalue weighted by Crippen LogP contribution is -2.21. The van der Waals surface area contributed by atoms with E-state index in [0.29, 0.717) is 12.1 Å². The molecule has 33 heavy (non-hydrogen) atoms. The number of anilines is 1. The average molecular weight is 476 g/mol. The van der Waals surface area contributed by atoms with Crippen LogP contribution in [0.15, 0.2) is 41.2 Å². The summed E-state index contributed by atoms with van der Waals surface area (Å²) in [6.07, 6.45) is -4.83. The number of alkyl halides is 3. The maximum absolute atomic E-state index is 13.1. The number of non-ortho nitro benzene ring substituents is 1. The maximum Gasteiger partial charge on any atom is 0.416 e. The van der Waals surface area contributed by atoms with E-state index >= 15 is 0 Å². The molecule has 0 aliphatic rings. The highest BCUT2D eigenvalue weighted by atomic mass is 32.1. The van der Waals surface area contributed by atoms with Gasteiger partial charge in [-0.05, 0) is 37.9 Å². The molecule has 3 rings (SSSR count). The molecule has 1 aromatic heterocycles. The number of rotatable bonds is 5. The molecule has 0 aliphatic heterocycles. The first-order valence-electron chi connectivity index (χ1n) is 9.60. The van der Waals surface area contributed by atoms with E-state index in [9.17, 15) is 28.1 Å². The third kappa shape index (κ3) is 5.85. The zero-order chi connectivity index (χ0) is 24.3. The van der Waals surface area contributed by atoms with Gasteiger partial charge in [0.2, 0.25) is 0 Å². The van der Waals surface area contributed by atoms with Crippen molar-refractivity contribution in [3.8, 4) is 11.8 Å². The maximum atomic E-state index is 13.1. The van der Waals surface area contributed by atoms with Gasteiger partial charge in [0.05, 0.1) is 22.4 Å². The molecular weight excluding hydrogens is 457 g/mol. The summed E-state index contributed by atoms with van der Waals surface area (Å²) >= 11 is 0.771. The van der Waals surface area contributed by atoms with E-state index in [1.54, 1.807) is 7.05 Å². The molecule has 0 aliphatic carbocycles. The molecule has 0 fully saturated rings. The summed E-state index contributed by atoms with van der Waals surface area (Å²) in [4.78, 5) is 30.2. The highest BCUT2D eigenvalue weighted by Crippen LogP contribution is 2.38. The van der Waals surface area contributed by atoms with Gasteiger partial charge in [-0.25, -0.2) is 0 Å². The van der Waals surface area contributed by atoms with Crippen molar-refractivity contribution >= 4 is 32.2 Å².